The van der Waals surface area contributed by atoms with Gasteiger partial charge in [0.1, 0.15) is 0 Å². The molecule has 0 saturated carbocycles. The van der Waals surface area contributed by atoms with E-state index >= 15 is 0 Å². The predicted molar refractivity (Wildman–Crippen MR) is 123 cm³/mol. The van der Waals surface area contributed by atoms with Crippen molar-refractivity contribution in [3.63, 3.8) is 0 Å². The number of carbonyl (C=O) groups is 1. The number of sulfone groups is 1. The number of carbonyl (C=O) groups excluding carboxylic acids is 1. The largest absolute Gasteiger partial charge is 0.372 e. The molecular weight excluding hydrogens is 406 g/mol. The first-order valence-electron chi connectivity index (χ1n) is 10.3. The molecule has 2 fully saturated rings. The summed E-state index contributed by atoms with van der Waals surface area (Å²) in [6, 6.07) is 6.08. The molecule has 0 N–H and O–H groups in total. The molecule has 2 saturated heterocycles. The summed E-state index contributed by atoms with van der Waals surface area (Å²) in [5, 5.41) is 0.562. The Morgan fingerprint density at radius 2 is 1.97 bits per heavy atom. The topological polar surface area (TPSA) is 70.0 Å². The van der Waals surface area contributed by atoms with E-state index in [1.165, 1.54) is 11.8 Å². The molecule has 2 aliphatic rings. The van der Waals surface area contributed by atoms with Crippen molar-refractivity contribution in [3.8, 4) is 0 Å². The Morgan fingerprint density at radius 1 is 1.28 bits per heavy atom. The number of rotatable bonds is 6. The van der Waals surface area contributed by atoms with E-state index in [2.05, 4.69) is 35.9 Å². The van der Waals surface area contributed by atoms with Crippen LogP contribution in [0.4, 0.5) is 11.4 Å². The fraction of sp³-hybridized carbons (Fsp3) is 0.619. The van der Waals surface area contributed by atoms with Crippen LogP contribution < -0.4 is 9.80 Å². The third-order valence-electron chi connectivity index (χ3n) is 5.44. The van der Waals surface area contributed by atoms with E-state index in [0.29, 0.717) is 11.6 Å². The second kappa shape index (κ2) is 8.68. The van der Waals surface area contributed by atoms with Gasteiger partial charge in [0.15, 0.2) is 15.0 Å². The lowest BCUT2D eigenvalue weighted by atomic mass is 10.1. The van der Waals surface area contributed by atoms with Crippen molar-refractivity contribution in [2.75, 3.05) is 34.4 Å². The van der Waals surface area contributed by atoms with E-state index in [4.69, 9.17) is 0 Å². The van der Waals surface area contributed by atoms with E-state index in [1.807, 2.05) is 31.7 Å². The smallest absolute Gasteiger partial charge is 0.248 e. The number of hydrogen-bond donors (Lipinski definition) is 0. The molecule has 6 nitrogen and oxygen atoms in total. The van der Waals surface area contributed by atoms with Crippen LogP contribution in [-0.2, 0) is 14.6 Å². The Kier molecular flexibility index (Phi) is 6.63. The van der Waals surface area contributed by atoms with Gasteiger partial charge in [-0.15, -0.1) is 0 Å². The average Bonchev–Trinajstić information content (AvgIpc) is 3.06. The SMILES string of the molecule is CCN(CC)c1ccc(N2C(=NC(=O)CC(C)C)S[C@@H]3CS(=O)(=O)C[C@@H]32)c(C)c1. The molecule has 8 heteroatoms. The zero-order valence-electron chi connectivity index (χ0n) is 17.9. The van der Waals surface area contributed by atoms with Crippen LogP contribution in [0.25, 0.3) is 0 Å². The molecule has 0 bridgehead atoms. The first kappa shape index (κ1) is 22.2. The second-order valence-corrected chi connectivity index (χ2v) is 11.6. The monoisotopic (exact) mass is 437 g/mol. The van der Waals surface area contributed by atoms with Crippen LogP contribution in [0, 0.1) is 12.8 Å². The summed E-state index contributed by atoms with van der Waals surface area (Å²) in [4.78, 5) is 21.1. The normalized spacial score (nSPS) is 24.3. The molecule has 2 atom stereocenters. The lowest BCUT2D eigenvalue weighted by Gasteiger charge is -2.28. The minimum atomic E-state index is -3.07. The highest BCUT2D eigenvalue weighted by Gasteiger charge is 2.49. The van der Waals surface area contributed by atoms with Crippen molar-refractivity contribution in [2.24, 2.45) is 10.9 Å². The quantitative estimate of drug-likeness (QED) is 0.679. The first-order valence-corrected chi connectivity index (χ1v) is 13.0. The molecule has 0 radical (unpaired) electrons. The fourth-order valence-electron chi connectivity index (χ4n) is 4.04. The van der Waals surface area contributed by atoms with E-state index in [9.17, 15) is 13.2 Å². The van der Waals surface area contributed by atoms with E-state index in [0.717, 1.165) is 30.0 Å². The zero-order chi connectivity index (χ0) is 21.3. The summed E-state index contributed by atoms with van der Waals surface area (Å²) in [6.07, 6.45) is 0.394. The number of thioether (sulfide) groups is 1. The van der Waals surface area contributed by atoms with Crippen molar-refractivity contribution >= 4 is 44.0 Å². The van der Waals surface area contributed by atoms with Gasteiger partial charge in [-0.2, -0.15) is 4.99 Å². The van der Waals surface area contributed by atoms with Gasteiger partial charge < -0.3 is 9.80 Å². The van der Waals surface area contributed by atoms with Gasteiger partial charge in [-0.05, 0) is 50.5 Å². The van der Waals surface area contributed by atoms with Crippen LogP contribution in [0.3, 0.4) is 0 Å². The summed E-state index contributed by atoms with van der Waals surface area (Å²) < 4.78 is 24.5. The van der Waals surface area contributed by atoms with Gasteiger partial charge >= 0.3 is 0 Å². The number of anilines is 2. The summed E-state index contributed by atoms with van der Waals surface area (Å²) in [6.45, 7) is 12.1. The molecule has 3 rings (SSSR count). The highest BCUT2D eigenvalue weighted by Crippen LogP contribution is 2.42. The summed E-state index contributed by atoms with van der Waals surface area (Å²) >= 11 is 1.44. The number of fused-ring (bicyclic) bond motifs is 1. The maximum Gasteiger partial charge on any atom is 0.248 e. The Morgan fingerprint density at radius 3 is 2.55 bits per heavy atom. The summed E-state index contributed by atoms with van der Waals surface area (Å²) in [5.41, 5.74) is 3.14. The van der Waals surface area contributed by atoms with Gasteiger partial charge in [-0.25, -0.2) is 8.42 Å². The minimum Gasteiger partial charge on any atom is -0.372 e. The second-order valence-electron chi connectivity index (χ2n) is 8.20. The van der Waals surface area contributed by atoms with E-state index < -0.39 is 9.84 Å². The molecule has 1 aromatic carbocycles. The van der Waals surface area contributed by atoms with Crippen LogP contribution in [0.5, 0.6) is 0 Å². The predicted octanol–water partition coefficient (Wildman–Crippen LogP) is 3.49. The molecule has 2 aliphatic heterocycles. The number of amidine groups is 1. The Bertz CT molecular complexity index is 908. The Labute approximate surface area is 178 Å². The molecule has 1 amide bonds. The van der Waals surface area contributed by atoms with Crippen LogP contribution in [0.1, 0.15) is 39.7 Å². The van der Waals surface area contributed by atoms with Crippen LogP contribution in [0.2, 0.25) is 0 Å². The van der Waals surface area contributed by atoms with Gasteiger partial charge in [-0.3, -0.25) is 4.79 Å². The lowest BCUT2D eigenvalue weighted by molar-refractivity contribution is -0.118. The summed E-state index contributed by atoms with van der Waals surface area (Å²) in [7, 11) is -3.07. The van der Waals surface area contributed by atoms with Crippen LogP contribution >= 0.6 is 11.8 Å². The zero-order valence-corrected chi connectivity index (χ0v) is 19.5. The summed E-state index contributed by atoms with van der Waals surface area (Å²) in [5.74, 6) is 0.348. The third-order valence-corrected chi connectivity index (χ3v) is 8.65. The fourth-order valence-corrected chi connectivity index (χ4v) is 7.97. The number of nitrogens with zero attached hydrogens (tertiary/aromatic N) is 3. The number of aryl methyl sites for hydroxylation is 1. The van der Waals surface area contributed by atoms with Crippen molar-refractivity contribution in [2.45, 2.75) is 52.3 Å². The van der Waals surface area contributed by atoms with Crippen molar-refractivity contribution in [3.05, 3.63) is 23.8 Å². The van der Waals surface area contributed by atoms with Gasteiger partial charge in [0.25, 0.3) is 0 Å². The van der Waals surface area contributed by atoms with Gasteiger partial charge in [-0.1, -0.05) is 25.6 Å². The van der Waals surface area contributed by atoms with Gasteiger partial charge in [0.05, 0.1) is 17.5 Å². The van der Waals surface area contributed by atoms with Crippen molar-refractivity contribution < 1.29 is 13.2 Å². The number of hydrogen-bond acceptors (Lipinski definition) is 5. The maximum atomic E-state index is 12.4. The van der Waals surface area contributed by atoms with E-state index in [1.54, 1.807) is 0 Å². The Balaban J connectivity index is 1.99. The van der Waals surface area contributed by atoms with E-state index in [-0.39, 0.29) is 34.6 Å². The molecule has 160 valence electrons. The average molecular weight is 438 g/mol. The molecule has 0 unspecified atom stereocenters. The maximum absolute atomic E-state index is 12.4. The molecule has 0 aromatic heterocycles. The Hall–Kier alpha value is -1.54. The highest BCUT2D eigenvalue weighted by atomic mass is 32.2. The lowest BCUT2D eigenvalue weighted by Crippen LogP contribution is -2.38. The third kappa shape index (κ3) is 4.79. The number of amides is 1. The highest BCUT2D eigenvalue weighted by molar-refractivity contribution is 8.16. The molecular formula is C21H31N3O3S2. The standard InChI is InChI=1S/C21H31N3O3S2/c1-6-23(7-2)16-8-9-17(15(5)11-16)24-18-12-29(26,27)13-19(18)28-21(24)22-20(25)10-14(3)4/h8-9,11,14,18-19H,6-7,10,12-13H2,1-5H3/t18-,19+/m0/s1. The minimum absolute atomic E-state index is 0.0764. The molecule has 0 aliphatic carbocycles. The molecule has 1 aromatic rings. The number of aliphatic imine (C=N–C) groups is 1. The molecule has 2 heterocycles. The molecule has 29 heavy (non-hydrogen) atoms. The van der Waals surface area contributed by atoms with Crippen LogP contribution in [-0.4, -0.2) is 55.4 Å². The van der Waals surface area contributed by atoms with Crippen molar-refractivity contribution in [1.29, 1.82) is 0 Å². The van der Waals surface area contributed by atoms with Gasteiger partial charge in [0, 0.05) is 36.1 Å². The number of benzene rings is 1. The molecule has 0 spiro atoms. The van der Waals surface area contributed by atoms with Crippen molar-refractivity contribution in [1.82, 2.24) is 0 Å². The van der Waals surface area contributed by atoms with Crippen LogP contribution in [0.15, 0.2) is 23.2 Å². The van der Waals surface area contributed by atoms with Gasteiger partial charge in [0.2, 0.25) is 5.91 Å². The first-order chi connectivity index (χ1) is 13.6.